The lowest BCUT2D eigenvalue weighted by Crippen LogP contribution is -2.20. The Labute approximate surface area is 87.3 Å². The first-order valence-corrected chi connectivity index (χ1v) is 4.77. The summed E-state index contributed by atoms with van der Waals surface area (Å²) in [5.74, 6) is -2.28. The highest BCUT2D eigenvalue weighted by molar-refractivity contribution is 7.12. The van der Waals surface area contributed by atoms with E-state index in [-0.39, 0.29) is 11.4 Å². The van der Waals surface area contributed by atoms with Crippen LogP contribution in [-0.4, -0.2) is 17.6 Å². The van der Waals surface area contributed by atoms with E-state index in [9.17, 15) is 18.0 Å². The first-order valence-electron chi connectivity index (χ1n) is 3.96. The van der Waals surface area contributed by atoms with Gasteiger partial charge in [-0.25, -0.2) is 0 Å². The zero-order chi connectivity index (χ0) is 11.6. The van der Waals surface area contributed by atoms with Crippen molar-refractivity contribution in [3.63, 3.8) is 0 Å². The molecule has 3 nitrogen and oxygen atoms in total. The monoisotopic (exact) mass is 239 g/mol. The van der Waals surface area contributed by atoms with Crippen LogP contribution in [0, 0.1) is 0 Å². The minimum absolute atomic E-state index is 0.123. The van der Waals surface area contributed by atoms with Crippen LogP contribution in [0.4, 0.5) is 13.2 Å². The molecule has 1 aromatic rings. The summed E-state index contributed by atoms with van der Waals surface area (Å²) in [7, 11) is 0. The SMILES string of the molecule is NCC(C(=O)O)c1ccc(C(F)(F)F)s1. The molecule has 0 spiro atoms. The summed E-state index contributed by atoms with van der Waals surface area (Å²) in [6.45, 7) is -0.215. The van der Waals surface area contributed by atoms with Crippen LogP contribution in [0.1, 0.15) is 15.7 Å². The Bertz CT molecular complexity index is 361. The topological polar surface area (TPSA) is 63.3 Å². The van der Waals surface area contributed by atoms with Crippen molar-refractivity contribution in [1.29, 1.82) is 0 Å². The predicted molar refractivity (Wildman–Crippen MR) is 48.8 cm³/mol. The largest absolute Gasteiger partial charge is 0.481 e. The summed E-state index contributed by atoms with van der Waals surface area (Å²) in [4.78, 5) is 9.95. The number of carbonyl (C=O) groups is 1. The maximum atomic E-state index is 12.2. The van der Waals surface area contributed by atoms with Crippen LogP contribution in [0.2, 0.25) is 0 Å². The standard InChI is InChI=1S/C8H8F3NO2S/c9-8(10,11)6-2-1-5(15-6)4(3-12)7(13)14/h1-2,4H,3,12H2,(H,13,14). The average Bonchev–Trinajstić information content (AvgIpc) is 2.52. The molecule has 1 unspecified atom stereocenters. The molecule has 0 aliphatic heterocycles. The Hall–Kier alpha value is -1.08. The number of rotatable bonds is 3. The zero-order valence-corrected chi connectivity index (χ0v) is 8.23. The molecule has 0 saturated carbocycles. The van der Waals surface area contributed by atoms with E-state index < -0.39 is 22.9 Å². The van der Waals surface area contributed by atoms with E-state index in [1.54, 1.807) is 0 Å². The van der Waals surface area contributed by atoms with E-state index in [1.807, 2.05) is 0 Å². The van der Waals surface area contributed by atoms with Crippen LogP contribution in [0.25, 0.3) is 0 Å². The molecule has 0 aliphatic carbocycles. The summed E-state index contributed by atoms with van der Waals surface area (Å²) in [5, 5.41) is 8.68. The number of aliphatic carboxylic acids is 1. The van der Waals surface area contributed by atoms with E-state index in [0.717, 1.165) is 12.1 Å². The summed E-state index contributed by atoms with van der Waals surface area (Å²) in [6.07, 6.45) is -4.43. The van der Waals surface area contributed by atoms with E-state index >= 15 is 0 Å². The van der Waals surface area contributed by atoms with E-state index in [0.29, 0.717) is 11.3 Å². The molecule has 0 fully saturated rings. The minimum atomic E-state index is -4.43. The fraction of sp³-hybridized carbons (Fsp3) is 0.375. The molecule has 1 atom stereocenters. The van der Waals surface area contributed by atoms with Gasteiger partial charge in [0.25, 0.3) is 0 Å². The number of thiophene rings is 1. The van der Waals surface area contributed by atoms with Crippen molar-refractivity contribution in [2.45, 2.75) is 12.1 Å². The maximum absolute atomic E-state index is 12.2. The highest BCUT2D eigenvalue weighted by atomic mass is 32.1. The van der Waals surface area contributed by atoms with Gasteiger partial charge in [-0.3, -0.25) is 4.79 Å². The number of carboxylic acids is 1. The Kier molecular flexibility index (Phi) is 3.35. The molecule has 15 heavy (non-hydrogen) atoms. The van der Waals surface area contributed by atoms with Gasteiger partial charge in [0.1, 0.15) is 10.8 Å². The van der Waals surface area contributed by atoms with Gasteiger partial charge >= 0.3 is 12.1 Å². The van der Waals surface area contributed by atoms with Crippen molar-refractivity contribution in [3.8, 4) is 0 Å². The first kappa shape index (κ1) is 12.0. The van der Waals surface area contributed by atoms with Gasteiger partial charge in [-0.1, -0.05) is 0 Å². The van der Waals surface area contributed by atoms with E-state index in [4.69, 9.17) is 10.8 Å². The molecular formula is C8H8F3NO2S. The lowest BCUT2D eigenvalue weighted by Gasteiger charge is -2.06. The molecule has 0 aliphatic rings. The Morgan fingerprint density at radius 3 is 2.47 bits per heavy atom. The van der Waals surface area contributed by atoms with Gasteiger partial charge in [-0.05, 0) is 12.1 Å². The minimum Gasteiger partial charge on any atom is -0.481 e. The molecule has 0 saturated heterocycles. The highest BCUT2D eigenvalue weighted by Gasteiger charge is 2.33. The molecule has 3 N–H and O–H groups in total. The summed E-state index contributed by atoms with van der Waals surface area (Å²) in [6, 6.07) is 2.02. The van der Waals surface area contributed by atoms with Crippen molar-refractivity contribution in [1.82, 2.24) is 0 Å². The number of nitrogens with two attached hydrogens (primary N) is 1. The van der Waals surface area contributed by atoms with Crippen molar-refractivity contribution in [3.05, 3.63) is 21.9 Å². The molecule has 0 aromatic carbocycles. The van der Waals surface area contributed by atoms with Crippen LogP contribution >= 0.6 is 11.3 Å². The van der Waals surface area contributed by atoms with Crippen molar-refractivity contribution in [2.75, 3.05) is 6.54 Å². The van der Waals surface area contributed by atoms with Crippen LogP contribution in [0.15, 0.2) is 12.1 Å². The Morgan fingerprint density at radius 1 is 1.53 bits per heavy atom. The maximum Gasteiger partial charge on any atom is 0.425 e. The van der Waals surface area contributed by atoms with Crippen LogP contribution in [0.5, 0.6) is 0 Å². The lowest BCUT2D eigenvalue weighted by molar-refractivity contribution is -0.138. The van der Waals surface area contributed by atoms with Crippen LogP contribution < -0.4 is 5.73 Å². The van der Waals surface area contributed by atoms with Crippen molar-refractivity contribution < 1.29 is 23.1 Å². The quantitative estimate of drug-likeness (QED) is 0.846. The number of halogens is 3. The second-order valence-corrected chi connectivity index (χ2v) is 3.94. The van der Waals surface area contributed by atoms with Crippen molar-refractivity contribution >= 4 is 17.3 Å². The molecule has 1 heterocycles. The molecule has 1 rings (SSSR count). The smallest absolute Gasteiger partial charge is 0.425 e. The second-order valence-electron chi connectivity index (χ2n) is 2.83. The summed E-state index contributed by atoms with van der Waals surface area (Å²) in [5.41, 5.74) is 5.17. The van der Waals surface area contributed by atoms with Gasteiger partial charge in [-0.15, -0.1) is 11.3 Å². The molecular weight excluding hydrogens is 231 g/mol. The molecule has 84 valence electrons. The van der Waals surface area contributed by atoms with E-state index in [1.165, 1.54) is 0 Å². The van der Waals surface area contributed by atoms with Crippen LogP contribution in [0.3, 0.4) is 0 Å². The second kappa shape index (κ2) is 4.19. The number of hydrogen-bond acceptors (Lipinski definition) is 3. The highest BCUT2D eigenvalue weighted by Crippen LogP contribution is 2.36. The third kappa shape index (κ3) is 2.69. The van der Waals surface area contributed by atoms with E-state index in [2.05, 4.69) is 0 Å². The van der Waals surface area contributed by atoms with Gasteiger partial charge < -0.3 is 10.8 Å². The van der Waals surface area contributed by atoms with Gasteiger partial charge in [-0.2, -0.15) is 13.2 Å². The lowest BCUT2D eigenvalue weighted by atomic mass is 10.1. The van der Waals surface area contributed by atoms with Gasteiger partial charge in [0.05, 0.1) is 0 Å². The fourth-order valence-corrected chi connectivity index (χ4v) is 2.01. The van der Waals surface area contributed by atoms with Gasteiger partial charge in [0, 0.05) is 11.4 Å². The summed E-state index contributed by atoms with van der Waals surface area (Å²) < 4.78 is 36.6. The fourth-order valence-electron chi connectivity index (χ4n) is 1.03. The van der Waals surface area contributed by atoms with Gasteiger partial charge in [0.2, 0.25) is 0 Å². The number of hydrogen-bond donors (Lipinski definition) is 2. The molecule has 0 amide bonds. The number of carboxylic acid groups (broad SMARTS) is 1. The van der Waals surface area contributed by atoms with Crippen LogP contribution in [-0.2, 0) is 11.0 Å². The number of alkyl halides is 3. The first-order chi connectivity index (χ1) is 6.86. The third-order valence-corrected chi connectivity index (χ3v) is 3.03. The van der Waals surface area contributed by atoms with Gasteiger partial charge in [0.15, 0.2) is 0 Å². The normalized spacial score (nSPS) is 13.9. The molecule has 1 aromatic heterocycles. The predicted octanol–water partition coefficient (Wildman–Crippen LogP) is 1.89. The van der Waals surface area contributed by atoms with Crippen molar-refractivity contribution in [2.24, 2.45) is 5.73 Å². The Morgan fingerprint density at radius 2 is 2.13 bits per heavy atom. The average molecular weight is 239 g/mol. The molecule has 0 bridgehead atoms. The summed E-state index contributed by atoms with van der Waals surface area (Å²) >= 11 is 0.415. The Balaban J connectivity index is 2.97. The third-order valence-electron chi connectivity index (χ3n) is 1.78. The zero-order valence-electron chi connectivity index (χ0n) is 7.41. The molecule has 7 heteroatoms. The molecule has 0 radical (unpaired) electrons.